The first-order valence-corrected chi connectivity index (χ1v) is 9.58. The van der Waals surface area contributed by atoms with Crippen molar-refractivity contribution >= 4 is 6.03 Å². The Morgan fingerprint density at radius 3 is 2.20 bits per heavy atom. The minimum atomic E-state index is 0.189. The van der Waals surface area contributed by atoms with Crippen LogP contribution in [0.4, 0.5) is 4.79 Å². The van der Waals surface area contributed by atoms with Crippen molar-refractivity contribution in [3.63, 3.8) is 0 Å². The van der Waals surface area contributed by atoms with Crippen molar-refractivity contribution in [1.82, 2.24) is 14.7 Å². The molecule has 0 radical (unpaired) electrons. The van der Waals surface area contributed by atoms with Gasteiger partial charge in [-0.15, -0.1) is 0 Å². The van der Waals surface area contributed by atoms with Gasteiger partial charge in [0, 0.05) is 39.3 Å². The Hall–Kier alpha value is -1.59. The highest BCUT2D eigenvalue weighted by molar-refractivity contribution is 5.74. The molecule has 0 saturated carbocycles. The molecule has 2 amide bonds. The summed E-state index contributed by atoms with van der Waals surface area (Å²) in [6.45, 7) is 6.06. The van der Waals surface area contributed by atoms with E-state index in [2.05, 4.69) is 42.3 Å². The number of benzene rings is 1. The SMILES string of the molecule is CN1CCN(C(=O)N2CCC(CN)(CCc3ccccc3)CC2)CC1. The Balaban J connectivity index is 1.51. The lowest BCUT2D eigenvalue weighted by Crippen LogP contribution is -2.55. The fourth-order valence-electron chi connectivity index (χ4n) is 3.98. The largest absolute Gasteiger partial charge is 0.330 e. The molecule has 0 spiro atoms. The first-order valence-electron chi connectivity index (χ1n) is 9.58. The molecule has 2 N–H and O–H groups in total. The summed E-state index contributed by atoms with van der Waals surface area (Å²) in [6.07, 6.45) is 4.24. The molecule has 1 aromatic carbocycles. The van der Waals surface area contributed by atoms with Gasteiger partial charge in [0.2, 0.25) is 0 Å². The zero-order valence-electron chi connectivity index (χ0n) is 15.5. The summed E-state index contributed by atoms with van der Waals surface area (Å²) in [4.78, 5) is 19.1. The Morgan fingerprint density at radius 2 is 1.60 bits per heavy atom. The normalized spacial score (nSPS) is 21.4. The van der Waals surface area contributed by atoms with E-state index < -0.39 is 0 Å². The van der Waals surface area contributed by atoms with E-state index in [4.69, 9.17) is 5.73 Å². The van der Waals surface area contributed by atoms with Crippen LogP contribution in [0.25, 0.3) is 0 Å². The molecule has 1 aromatic rings. The number of aryl methyl sites for hydroxylation is 1. The van der Waals surface area contributed by atoms with Gasteiger partial charge in [-0.25, -0.2) is 4.79 Å². The Kier molecular flexibility index (Phi) is 5.97. The number of piperazine rings is 1. The van der Waals surface area contributed by atoms with Crippen LogP contribution < -0.4 is 5.73 Å². The maximum absolute atomic E-state index is 12.7. The molecule has 5 heteroatoms. The summed E-state index contributed by atoms with van der Waals surface area (Å²) < 4.78 is 0. The topological polar surface area (TPSA) is 52.8 Å². The van der Waals surface area contributed by atoms with E-state index in [1.54, 1.807) is 0 Å². The van der Waals surface area contributed by atoms with E-state index in [0.717, 1.165) is 71.5 Å². The van der Waals surface area contributed by atoms with Crippen molar-refractivity contribution in [1.29, 1.82) is 0 Å². The molecule has 0 bridgehead atoms. The van der Waals surface area contributed by atoms with Gasteiger partial charge in [0.25, 0.3) is 0 Å². The van der Waals surface area contributed by atoms with Gasteiger partial charge < -0.3 is 20.4 Å². The van der Waals surface area contributed by atoms with E-state index in [0.29, 0.717) is 0 Å². The van der Waals surface area contributed by atoms with E-state index in [9.17, 15) is 4.79 Å². The molecule has 5 nitrogen and oxygen atoms in total. The summed E-state index contributed by atoms with van der Waals surface area (Å²) in [5.74, 6) is 0. The van der Waals surface area contributed by atoms with Gasteiger partial charge >= 0.3 is 6.03 Å². The van der Waals surface area contributed by atoms with Crippen LogP contribution in [-0.2, 0) is 6.42 Å². The molecule has 0 aliphatic carbocycles. The number of nitrogens with zero attached hydrogens (tertiary/aromatic N) is 3. The highest BCUT2D eigenvalue weighted by Gasteiger charge is 2.36. The Morgan fingerprint density at radius 1 is 1.00 bits per heavy atom. The van der Waals surface area contributed by atoms with Crippen molar-refractivity contribution in [3.05, 3.63) is 35.9 Å². The van der Waals surface area contributed by atoms with E-state index in [1.807, 2.05) is 9.80 Å². The fourth-order valence-corrected chi connectivity index (χ4v) is 3.98. The molecule has 25 heavy (non-hydrogen) atoms. The summed E-state index contributed by atoms with van der Waals surface area (Å²) in [7, 11) is 2.12. The number of carbonyl (C=O) groups excluding carboxylic acids is 1. The van der Waals surface area contributed by atoms with Crippen LogP contribution >= 0.6 is 0 Å². The second kappa shape index (κ2) is 8.19. The smallest absolute Gasteiger partial charge is 0.320 e. The number of urea groups is 1. The average molecular weight is 345 g/mol. The van der Waals surface area contributed by atoms with Gasteiger partial charge in [-0.1, -0.05) is 30.3 Å². The van der Waals surface area contributed by atoms with Crippen LogP contribution in [0.15, 0.2) is 30.3 Å². The van der Waals surface area contributed by atoms with Crippen LogP contribution in [0.5, 0.6) is 0 Å². The maximum Gasteiger partial charge on any atom is 0.320 e. The van der Waals surface area contributed by atoms with Crippen LogP contribution in [-0.4, -0.2) is 73.6 Å². The lowest BCUT2D eigenvalue weighted by molar-refractivity contribution is 0.0824. The molecule has 2 aliphatic heterocycles. The molecule has 3 rings (SSSR count). The lowest BCUT2D eigenvalue weighted by Gasteiger charge is -2.43. The van der Waals surface area contributed by atoms with Gasteiger partial charge in [-0.05, 0) is 50.3 Å². The molecule has 138 valence electrons. The molecule has 2 fully saturated rings. The second-order valence-corrected chi connectivity index (χ2v) is 7.75. The van der Waals surface area contributed by atoms with Crippen molar-refractivity contribution in [2.75, 3.05) is 52.9 Å². The number of nitrogens with two attached hydrogens (primary N) is 1. The minimum absolute atomic E-state index is 0.189. The van der Waals surface area contributed by atoms with Crippen molar-refractivity contribution in [3.8, 4) is 0 Å². The molecule has 2 heterocycles. The van der Waals surface area contributed by atoms with Gasteiger partial charge in [0.15, 0.2) is 0 Å². The molecule has 0 unspecified atom stereocenters. The second-order valence-electron chi connectivity index (χ2n) is 7.75. The van der Waals surface area contributed by atoms with E-state index >= 15 is 0 Å². The third kappa shape index (κ3) is 4.53. The van der Waals surface area contributed by atoms with Crippen LogP contribution in [0.1, 0.15) is 24.8 Å². The highest BCUT2D eigenvalue weighted by Crippen LogP contribution is 2.35. The Bertz CT molecular complexity index is 546. The van der Waals surface area contributed by atoms with Crippen LogP contribution in [0.3, 0.4) is 0 Å². The predicted molar refractivity (Wildman–Crippen MR) is 102 cm³/mol. The zero-order chi connectivity index (χ0) is 17.7. The number of piperidine rings is 1. The number of carbonyl (C=O) groups is 1. The highest BCUT2D eigenvalue weighted by atomic mass is 16.2. The standard InChI is InChI=1S/C20H32N4O/c1-22-13-15-24(16-14-22)19(25)23-11-9-20(17-21,10-12-23)8-7-18-5-3-2-4-6-18/h2-6H,7-17,21H2,1H3. The van der Waals surface area contributed by atoms with Gasteiger partial charge in [-0.3, -0.25) is 0 Å². The first kappa shape index (κ1) is 18.2. The number of amides is 2. The number of rotatable bonds is 4. The molecule has 0 aromatic heterocycles. The van der Waals surface area contributed by atoms with Gasteiger partial charge in [0.1, 0.15) is 0 Å². The monoisotopic (exact) mass is 344 g/mol. The van der Waals surface area contributed by atoms with E-state index in [1.165, 1.54) is 5.56 Å². The van der Waals surface area contributed by atoms with Crippen molar-refractivity contribution in [2.45, 2.75) is 25.7 Å². The summed E-state index contributed by atoms with van der Waals surface area (Å²) in [5.41, 5.74) is 7.73. The molecule has 0 atom stereocenters. The van der Waals surface area contributed by atoms with Gasteiger partial charge in [-0.2, -0.15) is 0 Å². The minimum Gasteiger partial charge on any atom is -0.330 e. The quantitative estimate of drug-likeness (QED) is 0.909. The van der Waals surface area contributed by atoms with Crippen molar-refractivity contribution in [2.24, 2.45) is 11.1 Å². The predicted octanol–water partition coefficient (Wildman–Crippen LogP) is 2.03. The third-order valence-electron chi connectivity index (χ3n) is 6.09. The fraction of sp³-hybridized carbons (Fsp3) is 0.650. The summed E-state index contributed by atoms with van der Waals surface area (Å²) >= 11 is 0. The summed E-state index contributed by atoms with van der Waals surface area (Å²) in [6, 6.07) is 10.9. The van der Waals surface area contributed by atoms with Crippen molar-refractivity contribution < 1.29 is 4.79 Å². The average Bonchev–Trinajstić information content (AvgIpc) is 2.68. The van der Waals surface area contributed by atoms with Gasteiger partial charge in [0.05, 0.1) is 0 Å². The molecular formula is C20H32N4O. The van der Waals surface area contributed by atoms with E-state index in [-0.39, 0.29) is 11.4 Å². The Labute approximate surface area is 151 Å². The van der Waals surface area contributed by atoms with Crippen LogP contribution in [0.2, 0.25) is 0 Å². The van der Waals surface area contributed by atoms with Crippen LogP contribution in [0, 0.1) is 5.41 Å². The third-order valence-corrected chi connectivity index (χ3v) is 6.09. The number of likely N-dealkylation sites (tertiary alicyclic amines) is 1. The number of likely N-dealkylation sites (N-methyl/N-ethyl adjacent to an activating group) is 1. The maximum atomic E-state index is 12.7. The number of hydrogen-bond acceptors (Lipinski definition) is 3. The molecule has 2 saturated heterocycles. The lowest BCUT2D eigenvalue weighted by atomic mass is 9.74. The molecular weight excluding hydrogens is 312 g/mol. The number of hydrogen-bond donors (Lipinski definition) is 1. The molecule has 2 aliphatic rings. The zero-order valence-corrected chi connectivity index (χ0v) is 15.5. The first-order chi connectivity index (χ1) is 12.1. The summed E-state index contributed by atoms with van der Waals surface area (Å²) in [5, 5.41) is 0.